The van der Waals surface area contributed by atoms with Crippen molar-refractivity contribution in [1.82, 2.24) is 0 Å². The summed E-state index contributed by atoms with van der Waals surface area (Å²) in [6, 6.07) is 0. The number of halogens is 1. The second kappa shape index (κ2) is 13.0. The first-order valence-corrected chi connectivity index (χ1v) is 10.6. The minimum absolute atomic E-state index is 0.993. The fourth-order valence-corrected chi connectivity index (χ4v) is 2.50. The van der Waals surface area contributed by atoms with Gasteiger partial charge in [0.25, 0.3) is 0 Å². The monoisotopic (exact) mass is 324 g/mol. The highest BCUT2D eigenvalue weighted by Crippen LogP contribution is 2.54. The topological polar surface area (TPSA) is 18.5 Å². The third-order valence-electron chi connectivity index (χ3n) is 2.51. The Balaban J connectivity index is 3.70. The molecule has 0 saturated heterocycles. The SMILES string of the molecule is CCCCCC=COP(=S)(Cl)OC=CCCCCC. The number of allylic oxidation sites excluding steroid dienone is 2. The molecule has 0 aromatic rings. The van der Waals surface area contributed by atoms with Crippen LogP contribution in [-0.2, 0) is 20.9 Å². The lowest BCUT2D eigenvalue weighted by Gasteiger charge is -2.11. The van der Waals surface area contributed by atoms with E-state index in [9.17, 15) is 0 Å². The van der Waals surface area contributed by atoms with E-state index in [1.54, 1.807) is 12.5 Å². The first-order chi connectivity index (χ1) is 9.12. The van der Waals surface area contributed by atoms with Crippen LogP contribution in [0.1, 0.15) is 65.2 Å². The molecule has 0 fully saturated rings. The van der Waals surface area contributed by atoms with Crippen LogP contribution in [-0.4, -0.2) is 0 Å². The van der Waals surface area contributed by atoms with Crippen molar-refractivity contribution in [3.63, 3.8) is 0 Å². The van der Waals surface area contributed by atoms with Crippen molar-refractivity contribution in [2.24, 2.45) is 0 Å². The molecule has 0 rings (SSSR count). The molecule has 0 aliphatic heterocycles. The molecule has 0 atom stereocenters. The van der Waals surface area contributed by atoms with E-state index >= 15 is 0 Å². The highest BCUT2D eigenvalue weighted by Gasteiger charge is 2.12. The quantitative estimate of drug-likeness (QED) is 0.227. The molecule has 112 valence electrons. The smallest absolute Gasteiger partial charge is 0.383 e. The molecule has 0 N–H and O–H groups in total. The standard InChI is InChI=1S/C14H26ClO2PS/c1-3-5-7-9-11-13-16-18(15,19)17-14-12-10-8-6-4-2/h11-14H,3-10H2,1-2H3. The zero-order valence-electron chi connectivity index (χ0n) is 12.0. The first-order valence-electron chi connectivity index (χ1n) is 7.09. The van der Waals surface area contributed by atoms with E-state index in [4.69, 9.17) is 32.1 Å². The molecule has 0 aliphatic rings. The molecule has 0 bridgehead atoms. The highest BCUT2D eigenvalue weighted by atomic mass is 35.7. The second-order valence-electron chi connectivity index (χ2n) is 4.38. The highest BCUT2D eigenvalue weighted by molar-refractivity contribution is 8.22. The van der Waals surface area contributed by atoms with Crippen LogP contribution in [0.5, 0.6) is 0 Å². The van der Waals surface area contributed by atoms with Crippen LogP contribution in [0.3, 0.4) is 0 Å². The minimum atomic E-state index is -2.67. The molecule has 0 unspecified atom stereocenters. The maximum Gasteiger partial charge on any atom is 0.383 e. The predicted molar refractivity (Wildman–Crippen MR) is 88.9 cm³/mol. The maximum atomic E-state index is 6.00. The van der Waals surface area contributed by atoms with Crippen molar-refractivity contribution in [2.45, 2.75) is 65.2 Å². The normalized spacial score (nSPS) is 14.9. The van der Waals surface area contributed by atoms with Crippen LogP contribution >= 0.6 is 17.1 Å². The van der Waals surface area contributed by atoms with E-state index in [1.165, 1.54) is 38.5 Å². The third kappa shape index (κ3) is 14.2. The summed E-state index contributed by atoms with van der Waals surface area (Å²) in [6.45, 7) is 4.36. The van der Waals surface area contributed by atoms with E-state index < -0.39 is 5.84 Å². The molecule has 0 radical (unpaired) electrons. The number of hydrogen-bond donors (Lipinski definition) is 0. The molecule has 0 saturated carbocycles. The van der Waals surface area contributed by atoms with Gasteiger partial charge in [-0.2, -0.15) is 0 Å². The molecular weight excluding hydrogens is 299 g/mol. The first kappa shape index (κ1) is 19.0. The van der Waals surface area contributed by atoms with Gasteiger partial charge in [0.15, 0.2) is 0 Å². The van der Waals surface area contributed by atoms with Gasteiger partial charge in [-0.15, -0.1) is 0 Å². The van der Waals surface area contributed by atoms with Crippen molar-refractivity contribution in [2.75, 3.05) is 0 Å². The van der Waals surface area contributed by atoms with Crippen molar-refractivity contribution in [3.8, 4) is 0 Å². The molecular formula is C14H26ClO2PS. The maximum absolute atomic E-state index is 6.00. The fraction of sp³-hybridized carbons (Fsp3) is 0.714. The summed E-state index contributed by atoms with van der Waals surface area (Å²) in [5.74, 6) is -2.67. The van der Waals surface area contributed by atoms with E-state index in [2.05, 4.69) is 13.8 Å². The van der Waals surface area contributed by atoms with Crippen LogP contribution in [0, 0.1) is 0 Å². The Kier molecular flexibility index (Phi) is 13.0. The second-order valence-corrected chi connectivity index (χ2v) is 9.04. The van der Waals surface area contributed by atoms with Gasteiger partial charge < -0.3 is 9.05 Å². The summed E-state index contributed by atoms with van der Waals surface area (Å²) >= 11 is 11.1. The zero-order chi connectivity index (χ0) is 14.4. The van der Waals surface area contributed by atoms with Gasteiger partial charge in [-0.3, -0.25) is 0 Å². The molecule has 0 aromatic heterocycles. The molecule has 0 spiro atoms. The lowest BCUT2D eigenvalue weighted by Crippen LogP contribution is -1.79. The van der Waals surface area contributed by atoms with Crippen molar-refractivity contribution >= 4 is 28.9 Å². The van der Waals surface area contributed by atoms with Gasteiger partial charge in [-0.05, 0) is 49.1 Å². The number of hydrogen-bond acceptors (Lipinski definition) is 3. The minimum Gasteiger partial charge on any atom is -0.433 e. The van der Waals surface area contributed by atoms with Crippen molar-refractivity contribution < 1.29 is 9.05 Å². The number of unbranched alkanes of at least 4 members (excludes halogenated alkanes) is 6. The van der Waals surface area contributed by atoms with Gasteiger partial charge in [0.2, 0.25) is 0 Å². The Labute approximate surface area is 128 Å². The summed E-state index contributed by atoms with van der Waals surface area (Å²) < 4.78 is 10.5. The molecule has 0 amide bonds. The molecule has 5 heteroatoms. The van der Waals surface area contributed by atoms with Crippen LogP contribution in [0.15, 0.2) is 24.7 Å². The zero-order valence-corrected chi connectivity index (χ0v) is 14.5. The average Bonchev–Trinajstić information content (AvgIpc) is 2.38. The largest absolute Gasteiger partial charge is 0.433 e. The van der Waals surface area contributed by atoms with Crippen molar-refractivity contribution in [3.05, 3.63) is 24.7 Å². The van der Waals surface area contributed by atoms with Crippen LogP contribution in [0.2, 0.25) is 0 Å². The van der Waals surface area contributed by atoms with E-state index in [1.807, 2.05) is 12.2 Å². The van der Waals surface area contributed by atoms with Gasteiger partial charge in [0.1, 0.15) is 0 Å². The Morgan fingerprint density at radius 3 is 1.68 bits per heavy atom. The molecule has 0 aromatic carbocycles. The van der Waals surface area contributed by atoms with E-state index in [0.29, 0.717) is 0 Å². The summed E-state index contributed by atoms with van der Waals surface area (Å²) in [4.78, 5) is 0. The molecule has 0 aliphatic carbocycles. The lowest BCUT2D eigenvalue weighted by molar-refractivity contribution is 0.419. The Bertz CT molecular complexity index is 280. The Morgan fingerprint density at radius 1 is 0.895 bits per heavy atom. The van der Waals surface area contributed by atoms with Crippen LogP contribution in [0.25, 0.3) is 0 Å². The summed E-state index contributed by atoms with van der Waals surface area (Å²) in [5.41, 5.74) is 0. The lowest BCUT2D eigenvalue weighted by atomic mass is 10.2. The predicted octanol–water partition coefficient (Wildman–Crippen LogP) is 6.67. The summed E-state index contributed by atoms with van der Waals surface area (Å²) in [6.07, 6.45) is 16.3. The summed E-state index contributed by atoms with van der Waals surface area (Å²) in [7, 11) is 0. The average molecular weight is 325 g/mol. The van der Waals surface area contributed by atoms with Crippen molar-refractivity contribution in [1.29, 1.82) is 0 Å². The van der Waals surface area contributed by atoms with Gasteiger partial charge in [-0.25, -0.2) is 0 Å². The van der Waals surface area contributed by atoms with Crippen LogP contribution < -0.4 is 0 Å². The van der Waals surface area contributed by atoms with Gasteiger partial charge in [0, 0.05) is 11.8 Å². The summed E-state index contributed by atoms with van der Waals surface area (Å²) in [5, 5.41) is 0. The molecule has 2 nitrogen and oxygen atoms in total. The Hall–Kier alpha value is 0.0200. The fourth-order valence-electron chi connectivity index (χ4n) is 1.42. The Morgan fingerprint density at radius 2 is 1.32 bits per heavy atom. The number of rotatable bonds is 12. The third-order valence-corrected chi connectivity index (χ3v) is 4.26. The van der Waals surface area contributed by atoms with Gasteiger partial charge in [-0.1, -0.05) is 39.5 Å². The molecule has 0 heterocycles. The molecule has 19 heavy (non-hydrogen) atoms. The van der Waals surface area contributed by atoms with E-state index in [0.717, 1.165) is 12.8 Å². The van der Waals surface area contributed by atoms with Gasteiger partial charge in [0.05, 0.1) is 12.5 Å². The van der Waals surface area contributed by atoms with E-state index in [-0.39, 0.29) is 0 Å². The van der Waals surface area contributed by atoms with Gasteiger partial charge >= 0.3 is 5.84 Å². The van der Waals surface area contributed by atoms with Crippen LogP contribution in [0.4, 0.5) is 0 Å².